The summed E-state index contributed by atoms with van der Waals surface area (Å²) >= 11 is 0. The lowest BCUT2D eigenvalue weighted by atomic mass is 10.1. The molecule has 0 saturated heterocycles. The van der Waals surface area contributed by atoms with Crippen LogP contribution in [0.4, 0.5) is 22.7 Å². The standard InChI is InChI=1S/C18H16N2O2.C10H10N2/c19-13-1-5-15(6-2-13)21-17-9-11-18(12-10-17)22-16-7-3-14(20)4-8-16;11-9-6-5-7-3-1-2-4-8(7)10(9)12/h1-12H,19-20H2;1-6H,11-12H2. The average molecular weight is 451 g/mol. The van der Waals surface area contributed by atoms with E-state index in [0.29, 0.717) is 22.7 Å². The lowest BCUT2D eigenvalue weighted by Crippen LogP contribution is -1.94. The molecule has 0 aliphatic rings. The highest BCUT2D eigenvalue weighted by Gasteiger charge is 2.01. The van der Waals surface area contributed by atoms with E-state index in [0.717, 1.165) is 33.8 Å². The monoisotopic (exact) mass is 450 g/mol. The molecule has 170 valence electrons. The minimum Gasteiger partial charge on any atom is -0.457 e. The fourth-order valence-corrected chi connectivity index (χ4v) is 3.23. The van der Waals surface area contributed by atoms with E-state index < -0.39 is 0 Å². The van der Waals surface area contributed by atoms with Crippen molar-refractivity contribution in [1.82, 2.24) is 0 Å². The van der Waals surface area contributed by atoms with Gasteiger partial charge in [0.15, 0.2) is 0 Å². The van der Waals surface area contributed by atoms with E-state index in [1.165, 1.54) is 0 Å². The maximum atomic E-state index is 5.79. The summed E-state index contributed by atoms with van der Waals surface area (Å²) in [7, 11) is 0. The van der Waals surface area contributed by atoms with E-state index in [9.17, 15) is 0 Å². The number of nitrogen functional groups attached to an aromatic ring is 4. The summed E-state index contributed by atoms with van der Waals surface area (Å²) in [6, 6.07) is 33.6. The van der Waals surface area contributed by atoms with Crippen molar-refractivity contribution in [2.45, 2.75) is 0 Å². The van der Waals surface area contributed by atoms with Crippen LogP contribution in [0.5, 0.6) is 23.0 Å². The zero-order valence-electron chi connectivity index (χ0n) is 18.5. The number of rotatable bonds is 4. The molecule has 0 aliphatic carbocycles. The zero-order valence-corrected chi connectivity index (χ0v) is 18.5. The van der Waals surface area contributed by atoms with Crippen molar-refractivity contribution in [2.75, 3.05) is 22.9 Å². The van der Waals surface area contributed by atoms with Gasteiger partial charge >= 0.3 is 0 Å². The Bertz CT molecular complexity index is 1300. The minimum atomic E-state index is 0.647. The first-order valence-electron chi connectivity index (χ1n) is 10.7. The van der Waals surface area contributed by atoms with Gasteiger partial charge in [0.2, 0.25) is 0 Å². The van der Waals surface area contributed by atoms with Gasteiger partial charge in [-0.15, -0.1) is 0 Å². The van der Waals surface area contributed by atoms with Gasteiger partial charge in [-0.2, -0.15) is 0 Å². The first-order chi connectivity index (χ1) is 16.5. The van der Waals surface area contributed by atoms with Crippen LogP contribution >= 0.6 is 0 Å². The second-order valence-electron chi connectivity index (χ2n) is 7.60. The van der Waals surface area contributed by atoms with Crippen LogP contribution in [-0.4, -0.2) is 0 Å². The highest BCUT2D eigenvalue weighted by atomic mass is 16.5. The molecule has 5 rings (SSSR count). The molecule has 0 radical (unpaired) electrons. The molecule has 34 heavy (non-hydrogen) atoms. The Morgan fingerprint density at radius 3 is 1.29 bits per heavy atom. The largest absolute Gasteiger partial charge is 0.457 e. The highest BCUT2D eigenvalue weighted by molar-refractivity contribution is 5.98. The van der Waals surface area contributed by atoms with Crippen LogP contribution in [0.3, 0.4) is 0 Å². The molecule has 5 aromatic rings. The molecule has 0 aliphatic heterocycles. The number of fused-ring (bicyclic) bond motifs is 1. The van der Waals surface area contributed by atoms with Gasteiger partial charge in [0.05, 0.1) is 11.4 Å². The molecule has 0 unspecified atom stereocenters. The van der Waals surface area contributed by atoms with E-state index in [2.05, 4.69) is 0 Å². The molecule has 0 aromatic heterocycles. The second kappa shape index (κ2) is 10.2. The van der Waals surface area contributed by atoms with E-state index in [1.807, 2.05) is 84.9 Å². The Labute approximate surface area is 198 Å². The van der Waals surface area contributed by atoms with Crippen LogP contribution in [0.1, 0.15) is 0 Å². The Balaban J connectivity index is 0.000000192. The Kier molecular flexibility index (Phi) is 6.70. The molecule has 0 heterocycles. The lowest BCUT2D eigenvalue weighted by molar-refractivity contribution is 0.469. The number of hydrogen-bond acceptors (Lipinski definition) is 6. The van der Waals surface area contributed by atoms with Gasteiger partial charge in [-0.1, -0.05) is 30.3 Å². The summed E-state index contributed by atoms with van der Waals surface area (Å²) < 4.78 is 11.5. The van der Waals surface area contributed by atoms with Crippen LogP contribution < -0.4 is 32.4 Å². The minimum absolute atomic E-state index is 0.647. The summed E-state index contributed by atoms with van der Waals surface area (Å²) in [6.45, 7) is 0. The third kappa shape index (κ3) is 5.69. The molecule has 0 bridgehead atoms. The van der Waals surface area contributed by atoms with Crippen molar-refractivity contribution < 1.29 is 9.47 Å². The van der Waals surface area contributed by atoms with Crippen molar-refractivity contribution in [3.05, 3.63) is 109 Å². The van der Waals surface area contributed by atoms with Gasteiger partial charge in [0, 0.05) is 16.8 Å². The normalized spacial score (nSPS) is 10.2. The van der Waals surface area contributed by atoms with Crippen molar-refractivity contribution in [2.24, 2.45) is 0 Å². The summed E-state index contributed by atoms with van der Waals surface area (Å²) in [4.78, 5) is 0. The van der Waals surface area contributed by atoms with Gasteiger partial charge in [-0.3, -0.25) is 0 Å². The van der Waals surface area contributed by atoms with Gasteiger partial charge in [-0.05, 0) is 84.2 Å². The summed E-state index contributed by atoms with van der Waals surface area (Å²) in [5, 5.41) is 2.15. The third-order valence-electron chi connectivity index (χ3n) is 5.06. The summed E-state index contributed by atoms with van der Waals surface area (Å²) in [5.41, 5.74) is 25.5. The number of nitrogens with two attached hydrogens (primary N) is 4. The van der Waals surface area contributed by atoms with Crippen molar-refractivity contribution in [3.8, 4) is 23.0 Å². The summed E-state index contributed by atoms with van der Waals surface area (Å²) in [5.74, 6) is 2.94. The topological polar surface area (TPSA) is 123 Å². The SMILES string of the molecule is Nc1ccc(Oc2ccc(Oc3ccc(N)cc3)cc2)cc1.Nc1ccc2ccccc2c1N. The highest BCUT2D eigenvalue weighted by Crippen LogP contribution is 2.28. The van der Waals surface area contributed by atoms with Crippen molar-refractivity contribution in [1.29, 1.82) is 0 Å². The summed E-state index contributed by atoms with van der Waals surface area (Å²) in [6.07, 6.45) is 0. The molecule has 0 fully saturated rings. The molecule has 0 saturated carbocycles. The van der Waals surface area contributed by atoms with Crippen LogP contribution in [0.25, 0.3) is 10.8 Å². The zero-order chi connectivity index (χ0) is 23.9. The Hall–Kier alpha value is -4.84. The van der Waals surface area contributed by atoms with E-state index in [1.54, 1.807) is 24.3 Å². The van der Waals surface area contributed by atoms with Gasteiger partial charge < -0.3 is 32.4 Å². The first kappa shape index (κ1) is 22.4. The van der Waals surface area contributed by atoms with Crippen molar-refractivity contribution in [3.63, 3.8) is 0 Å². The third-order valence-corrected chi connectivity index (χ3v) is 5.06. The lowest BCUT2D eigenvalue weighted by Gasteiger charge is -2.08. The fraction of sp³-hybridized carbons (Fsp3) is 0. The quantitative estimate of drug-likeness (QED) is 0.234. The van der Waals surface area contributed by atoms with Gasteiger partial charge in [0.1, 0.15) is 23.0 Å². The number of anilines is 4. The van der Waals surface area contributed by atoms with Gasteiger partial charge in [0.25, 0.3) is 0 Å². The van der Waals surface area contributed by atoms with Crippen LogP contribution in [0.15, 0.2) is 109 Å². The van der Waals surface area contributed by atoms with E-state index in [-0.39, 0.29) is 0 Å². The number of ether oxygens (including phenoxy) is 2. The Morgan fingerprint density at radius 1 is 0.412 bits per heavy atom. The molecule has 0 atom stereocenters. The molecular formula is C28H26N4O2. The number of benzene rings is 5. The molecule has 5 aromatic carbocycles. The molecular weight excluding hydrogens is 424 g/mol. The first-order valence-corrected chi connectivity index (χ1v) is 10.7. The predicted molar refractivity (Wildman–Crippen MR) is 141 cm³/mol. The maximum Gasteiger partial charge on any atom is 0.127 e. The van der Waals surface area contributed by atoms with Crippen LogP contribution in [0, 0.1) is 0 Å². The van der Waals surface area contributed by atoms with E-state index >= 15 is 0 Å². The van der Waals surface area contributed by atoms with Crippen molar-refractivity contribution >= 4 is 33.5 Å². The molecule has 6 heteroatoms. The predicted octanol–water partition coefficient (Wildman–Crippen LogP) is 6.44. The molecule has 0 amide bonds. The van der Waals surface area contributed by atoms with Crippen LogP contribution in [0.2, 0.25) is 0 Å². The molecule has 6 nitrogen and oxygen atoms in total. The number of hydrogen-bond donors (Lipinski definition) is 4. The Morgan fingerprint density at radius 2 is 0.824 bits per heavy atom. The average Bonchev–Trinajstić information content (AvgIpc) is 2.86. The smallest absolute Gasteiger partial charge is 0.127 e. The van der Waals surface area contributed by atoms with Crippen LogP contribution in [-0.2, 0) is 0 Å². The maximum absolute atomic E-state index is 5.79. The fourth-order valence-electron chi connectivity index (χ4n) is 3.23. The van der Waals surface area contributed by atoms with E-state index in [4.69, 9.17) is 32.4 Å². The second-order valence-corrected chi connectivity index (χ2v) is 7.60. The molecule has 0 spiro atoms. The molecule has 8 N–H and O–H groups in total. The van der Waals surface area contributed by atoms with Gasteiger partial charge in [-0.25, -0.2) is 0 Å².